The summed E-state index contributed by atoms with van der Waals surface area (Å²) in [6.07, 6.45) is 7.12. The number of hydrogen-bond acceptors (Lipinski definition) is 4. The maximum absolute atomic E-state index is 12.3. The van der Waals surface area contributed by atoms with Gasteiger partial charge in [0.25, 0.3) is 5.09 Å². The van der Waals surface area contributed by atoms with Gasteiger partial charge in [-0.1, -0.05) is 24.3 Å². The molecule has 7 heteroatoms. The van der Waals surface area contributed by atoms with Crippen LogP contribution in [-0.2, 0) is 6.42 Å². The number of rotatable bonds is 1. The average molecular weight is 275 g/mol. The molecule has 1 heterocycles. The van der Waals surface area contributed by atoms with Crippen LogP contribution in [0.1, 0.15) is 28.4 Å². The second-order valence-corrected chi connectivity index (χ2v) is 4.32. The van der Waals surface area contributed by atoms with Gasteiger partial charge in [-0.25, -0.2) is 4.98 Å². The van der Waals surface area contributed by atoms with Gasteiger partial charge in [-0.15, -0.1) is 10.1 Å². The highest BCUT2D eigenvalue weighted by Gasteiger charge is 2.27. The Morgan fingerprint density at radius 2 is 2.10 bits per heavy atom. The van der Waals surface area contributed by atoms with E-state index in [1.807, 2.05) is 35.0 Å². The van der Waals surface area contributed by atoms with Crippen molar-refractivity contribution in [2.45, 2.75) is 18.9 Å². The zero-order valence-corrected chi connectivity index (χ0v) is 10.5. The number of benzene rings is 1. The van der Waals surface area contributed by atoms with Crippen LogP contribution < -0.4 is 0 Å². The number of ketones is 1. The minimum absolute atomic E-state index is 0.0719. The van der Waals surface area contributed by atoms with E-state index in [4.69, 9.17) is 15.3 Å². The van der Waals surface area contributed by atoms with Gasteiger partial charge >= 0.3 is 0 Å². The van der Waals surface area contributed by atoms with Gasteiger partial charge in [0.05, 0.1) is 12.4 Å². The fourth-order valence-electron chi connectivity index (χ4n) is 2.32. The molecule has 7 nitrogen and oxygen atoms in total. The van der Waals surface area contributed by atoms with E-state index in [-0.39, 0.29) is 11.8 Å². The molecule has 0 aliphatic heterocycles. The maximum Gasteiger partial charge on any atom is 0.291 e. The Bertz CT molecular complexity index is 606. The lowest BCUT2D eigenvalue weighted by atomic mass is 9.87. The normalized spacial score (nSPS) is 16.8. The quantitative estimate of drug-likeness (QED) is 0.633. The Morgan fingerprint density at radius 1 is 1.40 bits per heavy atom. The first kappa shape index (κ1) is 13.7. The number of aryl methyl sites for hydroxylation is 1. The molecular weight excluding hydrogens is 262 g/mol. The molecule has 0 radical (unpaired) electrons. The third kappa shape index (κ3) is 3.00. The first-order chi connectivity index (χ1) is 9.59. The zero-order valence-electron chi connectivity index (χ0n) is 10.5. The molecule has 3 rings (SSSR count). The number of fused-ring (bicyclic) bond motifs is 1. The summed E-state index contributed by atoms with van der Waals surface area (Å²) in [7, 11) is 0. The molecule has 0 bridgehead atoms. The van der Waals surface area contributed by atoms with Crippen LogP contribution >= 0.6 is 0 Å². The van der Waals surface area contributed by atoms with Gasteiger partial charge in [-0.3, -0.25) is 4.79 Å². The van der Waals surface area contributed by atoms with E-state index in [9.17, 15) is 4.79 Å². The summed E-state index contributed by atoms with van der Waals surface area (Å²) in [5.74, 6) is 0.208. The second kappa shape index (κ2) is 5.96. The van der Waals surface area contributed by atoms with E-state index in [1.165, 1.54) is 5.56 Å². The molecule has 1 atom stereocenters. The van der Waals surface area contributed by atoms with Crippen molar-refractivity contribution in [1.82, 2.24) is 9.55 Å². The number of hydrogen-bond donors (Lipinski definition) is 1. The Morgan fingerprint density at radius 3 is 2.75 bits per heavy atom. The van der Waals surface area contributed by atoms with Crippen LogP contribution in [0.5, 0.6) is 0 Å². The van der Waals surface area contributed by atoms with E-state index < -0.39 is 5.09 Å². The lowest BCUT2D eigenvalue weighted by Crippen LogP contribution is -2.24. The highest BCUT2D eigenvalue weighted by atomic mass is 16.9. The third-order valence-corrected chi connectivity index (χ3v) is 3.16. The van der Waals surface area contributed by atoms with E-state index in [0.717, 1.165) is 18.4 Å². The van der Waals surface area contributed by atoms with Crippen molar-refractivity contribution < 1.29 is 15.1 Å². The summed E-state index contributed by atoms with van der Waals surface area (Å²) >= 11 is 0. The fraction of sp³-hybridized carbons (Fsp3) is 0.231. The fourth-order valence-corrected chi connectivity index (χ4v) is 2.32. The van der Waals surface area contributed by atoms with Crippen LogP contribution in [0.15, 0.2) is 43.0 Å². The van der Waals surface area contributed by atoms with Crippen LogP contribution in [0.3, 0.4) is 0 Å². The molecule has 0 fully saturated rings. The number of nitrogens with zero attached hydrogens (tertiary/aromatic N) is 3. The predicted molar refractivity (Wildman–Crippen MR) is 69.1 cm³/mol. The molecule has 1 unspecified atom stereocenters. The Labute approximate surface area is 114 Å². The topological polar surface area (TPSA) is 98.3 Å². The van der Waals surface area contributed by atoms with Gasteiger partial charge in [0, 0.05) is 18.0 Å². The van der Waals surface area contributed by atoms with Gasteiger partial charge in [0.1, 0.15) is 0 Å². The number of imidazole rings is 1. The number of Topliss-reactive ketones (excluding diaryl/α,β-unsaturated/α-hetero) is 1. The van der Waals surface area contributed by atoms with E-state index in [1.54, 1.807) is 12.5 Å². The van der Waals surface area contributed by atoms with Crippen LogP contribution in [0, 0.1) is 10.1 Å². The van der Waals surface area contributed by atoms with E-state index in [2.05, 4.69) is 4.98 Å². The van der Waals surface area contributed by atoms with Gasteiger partial charge in [0.15, 0.2) is 5.78 Å². The van der Waals surface area contributed by atoms with Gasteiger partial charge in [-0.2, -0.15) is 0 Å². The SMILES string of the molecule is O=C1c2ccccc2CCC1n1ccnc1.O=[N+]([O-])O. The van der Waals surface area contributed by atoms with Crippen molar-refractivity contribution in [3.05, 3.63) is 64.2 Å². The first-order valence-corrected chi connectivity index (χ1v) is 6.02. The molecule has 0 saturated carbocycles. The van der Waals surface area contributed by atoms with E-state index >= 15 is 0 Å². The minimum atomic E-state index is -1.50. The third-order valence-electron chi connectivity index (χ3n) is 3.16. The molecule has 1 aliphatic carbocycles. The van der Waals surface area contributed by atoms with E-state index in [0.29, 0.717) is 0 Å². The van der Waals surface area contributed by atoms with Crippen LogP contribution in [0.4, 0.5) is 0 Å². The van der Waals surface area contributed by atoms with Crippen LogP contribution in [-0.4, -0.2) is 25.6 Å². The van der Waals surface area contributed by atoms with Crippen molar-refractivity contribution in [2.75, 3.05) is 0 Å². The number of carbonyl (C=O) groups is 1. The first-order valence-electron chi connectivity index (χ1n) is 6.02. The minimum Gasteiger partial charge on any atom is -0.328 e. The molecule has 0 saturated heterocycles. The predicted octanol–water partition coefficient (Wildman–Crippen LogP) is 1.91. The van der Waals surface area contributed by atoms with Crippen molar-refractivity contribution in [1.29, 1.82) is 0 Å². The highest BCUT2D eigenvalue weighted by molar-refractivity contribution is 6.01. The largest absolute Gasteiger partial charge is 0.328 e. The van der Waals surface area contributed by atoms with Gasteiger partial charge < -0.3 is 9.77 Å². The molecule has 1 aliphatic rings. The van der Waals surface area contributed by atoms with Crippen molar-refractivity contribution in [2.24, 2.45) is 0 Å². The smallest absolute Gasteiger partial charge is 0.291 e. The van der Waals surface area contributed by atoms with Crippen molar-refractivity contribution in [3.63, 3.8) is 0 Å². The van der Waals surface area contributed by atoms with Gasteiger partial charge in [0.2, 0.25) is 0 Å². The average Bonchev–Trinajstić information content (AvgIpc) is 2.93. The molecule has 1 aromatic heterocycles. The monoisotopic (exact) mass is 275 g/mol. The Kier molecular flexibility index (Phi) is 4.09. The summed E-state index contributed by atoms with van der Waals surface area (Å²) in [6.45, 7) is 0. The summed E-state index contributed by atoms with van der Waals surface area (Å²) in [4.78, 5) is 24.6. The molecule has 0 amide bonds. The molecule has 1 N–H and O–H groups in total. The second-order valence-electron chi connectivity index (χ2n) is 4.32. The summed E-state index contributed by atoms with van der Waals surface area (Å²) in [6, 6.07) is 7.80. The molecule has 0 spiro atoms. The van der Waals surface area contributed by atoms with Crippen molar-refractivity contribution >= 4 is 5.78 Å². The standard InChI is InChI=1S/C13H12N2O.HNO3/c16-13-11-4-2-1-3-10(11)5-6-12(13)15-8-7-14-9-15;2-1(3)4/h1-4,7-9,12H,5-6H2;(H,2,3,4). The summed E-state index contributed by atoms with van der Waals surface area (Å²) in [5, 5.41) is 13.6. The lowest BCUT2D eigenvalue weighted by molar-refractivity contribution is -0.742. The van der Waals surface area contributed by atoms with Crippen LogP contribution in [0.25, 0.3) is 0 Å². The number of carbonyl (C=O) groups excluding carboxylic acids is 1. The zero-order chi connectivity index (χ0) is 14.5. The molecule has 2 aromatic rings. The lowest BCUT2D eigenvalue weighted by Gasteiger charge is -2.23. The molecule has 104 valence electrons. The molecular formula is C13H13N3O4. The Balaban J connectivity index is 0.000000328. The van der Waals surface area contributed by atoms with Crippen molar-refractivity contribution in [3.8, 4) is 0 Å². The molecule has 20 heavy (non-hydrogen) atoms. The highest BCUT2D eigenvalue weighted by Crippen LogP contribution is 2.28. The van der Waals surface area contributed by atoms with Crippen LogP contribution in [0.2, 0.25) is 0 Å². The molecule has 1 aromatic carbocycles. The summed E-state index contributed by atoms with van der Waals surface area (Å²) < 4.78 is 1.90. The Hall–Kier alpha value is -2.70. The summed E-state index contributed by atoms with van der Waals surface area (Å²) in [5.41, 5.74) is 2.04. The van der Waals surface area contributed by atoms with Gasteiger partial charge in [-0.05, 0) is 18.4 Å². The maximum atomic E-state index is 12.3. The number of aromatic nitrogens is 2.